The fraction of sp³-hybridized carbons (Fsp3) is 0.136. The smallest absolute Gasteiger partial charge is 0.292 e. The summed E-state index contributed by atoms with van der Waals surface area (Å²) >= 11 is 7.98. The van der Waals surface area contributed by atoms with E-state index in [-0.39, 0.29) is 16.6 Å². The topological polar surface area (TPSA) is 59.8 Å². The summed E-state index contributed by atoms with van der Waals surface area (Å²) in [7, 11) is 0. The SMILES string of the molecule is Cc1nc(-c2ccc([C@H](C)Nc3cnn(-c4ccccc4)c(=O)c3Cl)cc2)cs1. The van der Waals surface area contributed by atoms with E-state index in [0.29, 0.717) is 11.4 Å². The van der Waals surface area contributed by atoms with Gasteiger partial charge in [0.05, 0.1) is 28.3 Å². The van der Waals surface area contributed by atoms with Crippen molar-refractivity contribution in [3.63, 3.8) is 0 Å². The summed E-state index contributed by atoms with van der Waals surface area (Å²) in [6, 6.07) is 17.4. The second kappa shape index (κ2) is 8.19. The van der Waals surface area contributed by atoms with Crippen molar-refractivity contribution in [1.29, 1.82) is 0 Å². The van der Waals surface area contributed by atoms with Gasteiger partial charge in [0.2, 0.25) is 0 Å². The number of aromatic nitrogens is 3. The van der Waals surface area contributed by atoms with Gasteiger partial charge in [0.1, 0.15) is 5.02 Å². The number of para-hydroxylation sites is 1. The number of hydrogen-bond acceptors (Lipinski definition) is 5. The number of nitrogens with one attached hydrogen (secondary N) is 1. The molecule has 7 heteroatoms. The highest BCUT2D eigenvalue weighted by Gasteiger charge is 2.14. The van der Waals surface area contributed by atoms with Gasteiger partial charge in [-0.3, -0.25) is 4.79 Å². The molecule has 4 aromatic rings. The number of rotatable bonds is 5. The molecule has 0 saturated heterocycles. The van der Waals surface area contributed by atoms with Crippen molar-refractivity contribution >= 4 is 28.6 Å². The van der Waals surface area contributed by atoms with Crippen LogP contribution in [0.3, 0.4) is 0 Å². The monoisotopic (exact) mass is 422 g/mol. The summed E-state index contributed by atoms with van der Waals surface area (Å²) < 4.78 is 1.29. The van der Waals surface area contributed by atoms with E-state index in [2.05, 4.69) is 32.9 Å². The Balaban J connectivity index is 1.54. The number of hydrogen-bond donors (Lipinski definition) is 1. The van der Waals surface area contributed by atoms with Gasteiger partial charge < -0.3 is 5.32 Å². The fourth-order valence-electron chi connectivity index (χ4n) is 3.04. The van der Waals surface area contributed by atoms with E-state index in [0.717, 1.165) is 21.8 Å². The Kier molecular flexibility index (Phi) is 5.47. The third-order valence-electron chi connectivity index (χ3n) is 4.62. The molecule has 29 heavy (non-hydrogen) atoms. The molecule has 0 aliphatic carbocycles. The molecule has 5 nitrogen and oxygen atoms in total. The maximum absolute atomic E-state index is 12.6. The summed E-state index contributed by atoms with van der Waals surface area (Å²) in [5.74, 6) is 0. The predicted molar refractivity (Wildman–Crippen MR) is 119 cm³/mol. The Bertz CT molecular complexity index is 1190. The molecule has 2 aromatic carbocycles. The van der Waals surface area contributed by atoms with Crippen LogP contribution in [-0.4, -0.2) is 14.8 Å². The standard InChI is InChI=1S/C22H19ClN4OS/c1-14(16-8-10-17(11-9-16)20-13-29-15(2)26-20)25-19-12-24-27(22(28)21(19)23)18-6-4-3-5-7-18/h3-14,25H,1-2H3/t14-/m0/s1. The lowest BCUT2D eigenvalue weighted by molar-refractivity contribution is 0.799. The van der Waals surface area contributed by atoms with E-state index in [1.807, 2.05) is 56.3 Å². The van der Waals surface area contributed by atoms with Crippen LogP contribution in [0.15, 0.2) is 71.0 Å². The van der Waals surface area contributed by atoms with E-state index in [9.17, 15) is 4.79 Å². The number of benzene rings is 2. The molecule has 0 unspecified atom stereocenters. The van der Waals surface area contributed by atoms with Gasteiger partial charge in [-0.15, -0.1) is 11.3 Å². The van der Waals surface area contributed by atoms with Gasteiger partial charge in [-0.05, 0) is 31.5 Å². The minimum atomic E-state index is -0.357. The fourth-order valence-corrected chi connectivity index (χ4v) is 3.85. The third kappa shape index (κ3) is 4.09. The summed E-state index contributed by atoms with van der Waals surface area (Å²) in [5.41, 5.74) is 3.96. The molecule has 2 aromatic heterocycles. The Morgan fingerprint density at radius 1 is 1.10 bits per heavy atom. The molecule has 0 spiro atoms. The van der Waals surface area contributed by atoms with Crippen molar-refractivity contribution in [1.82, 2.24) is 14.8 Å². The van der Waals surface area contributed by atoms with Crippen molar-refractivity contribution in [3.8, 4) is 16.9 Å². The largest absolute Gasteiger partial charge is 0.376 e. The molecular weight excluding hydrogens is 404 g/mol. The van der Waals surface area contributed by atoms with Crippen molar-refractivity contribution in [3.05, 3.63) is 92.1 Å². The number of anilines is 1. The number of aryl methyl sites for hydroxylation is 1. The summed E-state index contributed by atoms with van der Waals surface area (Å²) in [6.07, 6.45) is 1.58. The Hall–Kier alpha value is -2.96. The number of nitrogens with zero attached hydrogens (tertiary/aromatic N) is 3. The average Bonchev–Trinajstić information content (AvgIpc) is 3.18. The molecule has 0 amide bonds. The zero-order valence-corrected chi connectivity index (χ0v) is 17.5. The van der Waals surface area contributed by atoms with Gasteiger partial charge in [-0.2, -0.15) is 9.78 Å². The van der Waals surface area contributed by atoms with Gasteiger partial charge in [-0.25, -0.2) is 4.98 Å². The first kappa shape index (κ1) is 19.4. The maximum Gasteiger partial charge on any atom is 0.292 e. The van der Waals surface area contributed by atoms with E-state index < -0.39 is 0 Å². The van der Waals surface area contributed by atoms with Crippen LogP contribution >= 0.6 is 22.9 Å². The second-order valence-corrected chi connectivity index (χ2v) is 8.10. The molecule has 0 bridgehead atoms. The molecular formula is C22H19ClN4OS. The van der Waals surface area contributed by atoms with E-state index in [4.69, 9.17) is 11.6 Å². The number of halogens is 1. The van der Waals surface area contributed by atoms with Crippen LogP contribution in [0.4, 0.5) is 5.69 Å². The minimum Gasteiger partial charge on any atom is -0.376 e. The summed E-state index contributed by atoms with van der Waals surface area (Å²) in [4.78, 5) is 17.2. The Labute approximate surface area is 177 Å². The normalized spacial score (nSPS) is 12.0. The number of thiazole rings is 1. The molecule has 0 fully saturated rings. The first-order valence-electron chi connectivity index (χ1n) is 9.15. The molecule has 2 heterocycles. The molecule has 1 atom stereocenters. The quantitative estimate of drug-likeness (QED) is 0.462. The van der Waals surface area contributed by atoms with Crippen molar-refractivity contribution in [2.75, 3.05) is 5.32 Å². The van der Waals surface area contributed by atoms with E-state index in [1.165, 1.54) is 4.68 Å². The molecule has 0 saturated carbocycles. The van der Waals surface area contributed by atoms with Crippen LogP contribution in [-0.2, 0) is 0 Å². The molecule has 0 radical (unpaired) electrons. The second-order valence-electron chi connectivity index (χ2n) is 6.66. The third-order valence-corrected chi connectivity index (χ3v) is 5.76. The van der Waals surface area contributed by atoms with Crippen molar-refractivity contribution < 1.29 is 0 Å². The highest BCUT2D eigenvalue weighted by molar-refractivity contribution is 7.09. The maximum atomic E-state index is 12.6. The summed E-state index contributed by atoms with van der Waals surface area (Å²) in [6.45, 7) is 4.01. The zero-order valence-electron chi connectivity index (χ0n) is 16.0. The molecule has 4 rings (SSSR count). The van der Waals surface area contributed by atoms with Gasteiger partial charge >= 0.3 is 0 Å². The Morgan fingerprint density at radius 2 is 1.83 bits per heavy atom. The first-order valence-corrected chi connectivity index (χ1v) is 10.4. The molecule has 0 aliphatic heterocycles. The van der Waals surface area contributed by atoms with E-state index >= 15 is 0 Å². The Morgan fingerprint density at radius 3 is 2.48 bits per heavy atom. The lowest BCUT2D eigenvalue weighted by Gasteiger charge is -2.17. The minimum absolute atomic E-state index is 0.0486. The molecule has 146 valence electrons. The van der Waals surface area contributed by atoms with Crippen LogP contribution in [0.25, 0.3) is 16.9 Å². The van der Waals surface area contributed by atoms with Crippen LogP contribution in [0.2, 0.25) is 5.02 Å². The van der Waals surface area contributed by atoms with Crippen LogP contribution < -0.4 is 10.9 Å². The van der Waals surface area contributed by atoms with Gasteiger partial charge in [-0.1, -0.05) is 54.1 Å². The lowest BCUT2D eigenvalue weighted by atomic mass is 10.0. The van der Waals surface area contributed by atoms with Crippen molar-refractivity contribution in [2.24, 2.45) is 0 Å². The van der Waals surface area contributed by atoms with Crippen LogP contribution in [0.1, 0.15) is 23.5 Å². The van der Waals surface area contributed by atoms with Gasteiger partial charge in [0, 0.05) is 17.0 Å². The van der Waals surface area contributed by atoms with Crippen LogP contribution in [0.5, 0.6) is 0 Å². The first-order chi connectivity index (χ1) is 14.0. The summed E-state index contributed by atoms with van der Waals surface area (Å²) in [5, 5.41) is 10.8. The highest BCUT2D eigenvalue weighted by Crippen LogP contribution is 2.26. The average molecular weight is 423 g/mol. The highest BCUT2D eigenvalue weighted by atomic mass is 35.5. The van der Waals surface area contributed by atoms with E-state index in [1.54, 1.807) is 17.5 Å². The predicted octanol–water partition coefficient (Wildman–Crippen LogP) is 5.49. The molecule has 0 aliphatic rings. The molecule has 1 N–H and O–H groups in total. The van der Waals surface area contributed by atoms with Gasteiger partial charge in [0.25, 0.3) is 5.56 Å². The van der Waals surface area contributed by atoms with Gasteiger partial charge in [0.15, 0.2) is 0 Å². The zero-order chi connectivity index (χ0) is 20.4. The van der Waals surface area contributed by atoms with Crippen LogP contribution in [0, 0.1) is 6.92 Å². The lowest BCUT2D eigenvalue weighted by Crippen LogP contribution is -2.23. The van der Waals surface area contributed by atoms with Crippen molar-refractivity contribution in [2.45, 2.75) is 19.9 Å².